The average molecular weight is 315 g/mol. The van der Waals surface area contributed by atoms with Crippen LogP contribution in [-0.4, -0.2) is 45.8 Å². The lowest BCUT2D eigenvalue weighted by molar-refractivity contribution is -0.174. The zero-order chi connectivity index (χ0) is 16.4. The first-order valence-electron chi connectivity index (χ1n) is 7.48. The first-order chi connectivity index (χ1) is 9.53. The summed E-state index contributed by atoms with van der Waals surface area (Å²) in [4.78, 5) is 28.5. The van der Waals surface area contributed by atoms with Crippen molar-refractivity contribution in [2.45, 2.75) is 57.8 Å². The second-order valence-corrected chi connectivity index (χ2v) is 12.2. The Morgan fingerprint density at radius 1 is 1.29 bits per heavy atom. The summed E-state index contributed by atoms with van der Waals surface area (Å²) in [5, 5.41) is 1.32. The summed E-state index contributed by atoms with van der Waals surface area (Å²) in [5.41, 5.74) is 0. The fourth-order valence-corrected chi connectivity index (χ4v) is 3.85. The summed E-state index contributed by atoms with van der Waals surface area (Å²) < 4.78 is 6.36. The number of nitrogens with zero attached hydrogens (tertiary/aromatic N) is 1. The Labute approximate surface area is 129 Å². The van der Waals surface area contributed by atoms with E-state index in [0.717, 1.165) is 6.29 Å². The van der Waals surface area contributed by atoms with Gasteiger partial charge in [0.2, 0.25) is 5.91 Å². The van der Waals surface area contributed by atoms with Crippen LogP contribution in [-0.2, 0) is 18.9 Å². The van der Waals surface area contributed by atoms with Crippen LogP contribution in [0.1, 0.15) is 33.6 Å². The molecule has 0 radical (unpaired) electrons. The van der Waals surface area contributed by atoms with E-state index in [0.29, 0.717) is 12.8 Å². The standard InChI is InChI=1S/C15H29NO4Si/c1-15(2,3)21(6,7)20-12-8-11(10-17)13(9-12)14(18)16(4)19-5/h10-13H,8-9H2,1-7H3/t11-,12+,13+/m0/s1. The van der Waals surface area contributed by atoms with Gasteiger partial charge in [0.25, 0.3) is 0 Å². The first-order valence-corrected chi connectivity index (χ1v) is 10.4. The largest absolute Gasteiger partial charge is 0.414 e. The van der Waals surface area contributed by atoms with Crippen molar-refractivity contribution in [1.82, 2.24) is 5.06 Å². The number of hydrogen-bond donors (Lipinski definition) is 0. The highest BCUT2D eigenvalue weighted by atomic mass is 28.4. The third-order valence-electron chi connectivity index (χ3n) is 4.91. The molecule has 0 aromatic rings. The molecular formula is C15H29NO4Si. The molecule has 3 atom stereocenters. The minimum Gasteiger partial charge on any atom is -0.414 e. The number of carbonyl (C=O) groups is 2. The van der Waals surface area contributed by atoms with Crippen molar-refractivity contribution in [1.29, 1.82) is 0 Å². The van der Waals surface area contributed by atoms with Crippen molar-refractivity contribution >= 4 is 20.5 Å². The molecule has 1 aliphatic carbocycles. The van der Waals surface area contributed by atoms with Gasteiger partial charge in [-0.05, 0) is 31.0 Å². The summed E-state index contributed by atoms with van der Waals surface area (Å²) in [6.07, 6.45) is 2.10. The molecule has 0 aromatic carbocycles. The molecule has 0 saturated heterocycles. The van der Waals surface area contributed by atoms with E-state index < -0.39 is 8.32 Å². The van der Waals surface area contributed by atoms with Gasteiger partial charge in [-0.2, -0.15) is 0 Å². The molecule has 0 spiro atoms. The van der Waals surface area contributed by atoms with Gasteiger partial charge in [0.1, 0.15) is 6.29 Å². The summed E-state index contributed by atoms with van der Waals surface area (Å²) in [6, 6.07) is 0. The van der Waals surface area contributed by atoms with Crippen LogP contribution in [0.4, 0.5) is 0 Å². The maximum absolute atomic E-state index is 12.3. The summed E-state index contributed by atoms with van der Waals surface area (Å²) >= 11 is 0. The fraction of sp³-hybridized carbons (Fsp3) is 0.867. The molecule has 0 aromatic heterocycles. The molecule has 1 aliphatic rings. The summed E-state index contributed by atoms with van der Waals surface area (Å²) in [7, 11) is 1.14. The predicted octanol–water partition coefficient (Wildman–Crippen LogP) is 2.62. The van der Waals surface area contributed by atoms with Gasteiger partial charge in [0, 0.05) is 19.1 Å². The van der Waals surface area contributed by atoms with Gasteiger partial charge in [-0.1, -0.05) is 20.8 Å². The molecule has 6 heteroatoms. The van der Waals surface area contributed by atoms with E-state index in [2.05, 4.69) is 33.9 Å². The Morgan fingerprint density at radius 2 is 1.86 bits per heavy atom. The van der Waals surface area contributed by atoms with Gasteiger partial charge >= 0.3 is 0 Å². The minimum absolute atomic E-state index is 0.0136. The summed E-state index contributed by atoms with van der Waals surface area (Å²) in [6.45, 7) is 10.9. The smallest absolute Gasteiger partial charge is 0.249 e. The fourth-order valence-electron chi connectivity index (χ4n) is 2.47. The second kappa shape index (κ2) is 6.58. The van der Waals surface area contributed by atoms with Crippen LogP contribution in [0.2, 0.25) is 18.1 Å². The van der Waals surface area contributed by atoms with Crippen LogP contribution >= 0.6 is 0 Å². The lowest BCUT2D eigenvalue weighted by Crippen LogP contribution is -2.43. The highest BCUT2D eigenvalue weighted by Crippen LogP contribution is 2.41. The van der Waals surface area contributed by atoms with Gasteiger partial charge in [-0.25, -0.2) is 5.06 Å². The van der Waals surface area contributed by atoms with Crippen LogP contribution in [0.3, 0.4) is 0 Å². The zero-order valence-electron chi connectivity index (χ0n) is 14.3. The van der Waals surface area contributed by atoms with Gasteiger partial charge in [-0.15, -0.1) is 0 Å². The first kappa shape index (κ1) is 18.3. The SMILES string of the molecule is CON(C)C(=O)[C@@H]1C[C@H](O[Si](C)(C)C(C)(C)C)C[C@H]1C=O. The van der Waals surface area contributed by atoms with Crippen molar-refractivity contribution in [2.24, 2.45) is 11.8 Å². The number of amides is 1. The molecule has 122 valence electrons. The molecule has 5 nitrogen and oxygen atoms in total. The van der Waals surface area contributed by atoms with Crippen molar-refractivity contribution in [2.75, 3.05) is 14.2 Å². The molecular weight excluding hydrogens is 286 g/mol. The number of rotatable bonds is 5. The normalized spacial score (nSPS) is 26.7. The highest BCUT2D eigenvalue weighted by Gasteiger charge is 2.45. The molecule has 0 aliphatic heterocycles. The Hall–Kier alpha value is -0.723. The quantitative estimate of drug-likeness (QED) is 0.444. The van der Waals surface area contributed by atoms with Crippen LogP contribution in [0.25, 0.3) is 0 Å². The molecule has 0 N–H and O–H groups in total. The third kappa shape index (κ3) is 4.14. The van der Waals surface area contributed by atoms with E-state index in [-0.39, 0.29) is 28.9 Å². The Kier molecular flexibility index (Phi) is 5.74. The van der Waals surface area contributed by atoms with E-state index in [9.17, 15) is 9.59 Å². The topological polar surface area (TPSA) is 55.8 Å². The van der Waals surface area contributed by atoms with E-state index >= 15 is 0 Å². The second-order valence-electron chi connectivity index (χ2n) is 7.40. The number of hydrogen-bond acceptors (Lipinski definition) is 4. The predicted molar refractivity (Wildman–Crippen MR) is 84.1 cm³/mol. The van der Waals surface area contributed by atoms with Crippen LogP contribution in [0, 0.1) is 11.8 Å². The van der Waals surface area contributed by atoms with Crippen molar-refractivity contribution in [3.63, 3.8) is 0 Å². The maximum atomic E-state index is 12.3. The van der Waals surface area contributed by atoms with E-state index in [1.165, 1.54) is 12.2 Å². The highest BCUT2D eigenvalue weighted by molar-refractivity contribution is 6.74. The zero-order valence-corrected chi connectivity index (χ0v) is 15.3. The van der Waals surface area contributed by atoms with Gasteiger partial charge in [0.15, 0.2) is 8.32 Å². The Balaban J connectivity index is 2.79. The molecule has 0 heterocycles. The number of aldehydes is 1. The lowest BCUT2D eigenvalue weighted by atomic mass is 9.97. The van der Waals surface area contributed by atoms with Gasteiger partial charge in [-0.3, -0.25) is 9.63 Å². The molecule has 1 amide bonds. The minimum atomic E-state index is -1.88. The van der Waals surface area contributed by atoms with Crippen LogP contribution < -0.4 is 0 Å². The molecule has 0 bridgehead atoms. The molecule has 21 heavy (non-hydrogen) atoms. The van der Waals surface area contributed by atoms with Gasteiger partial charge in [0.05, 0.1) is 13.0 Å². The monoisotopic (exact) mass is 315 g/mol. The third-order valence-corrected chi connectivity index (χ3v) is 9.45. The van der Waals surface area contributed by atoms with Crippen molar-refractivity contribution in [3.05, 3.63) is 0 Å². The maximum Gasteiger partial charge on any atom is 0.249 e. The number of hydroxylamine groups is 2. The van der Waals surface area contributed by atoms with Crippen LogP contribution in [0.15, 0.2) is 0 Å². The molecule has 1 fully saturated rings. The molecule has 1 rings (SSSR count). The van der Waals surface area contributed by atoms with Crippen molar-refractivity contribution in [3.8, 4) is 0 Å². The average Bonchev–Trinajstić information content (AvgIpc) is 2.77. The molecule has 1 saturated carbocycles. The van der Waals surface area contributed by atoms with Crippen LogP contribution in [0.5, 0.6) is 0 Å². The van der Waals surface area contributed by atoms with Crippen molar-refractivity contribution < 1.29 is 18.9 Å². The van der Waals surface area contributed by atoms with E-state index in [1.807, 2.05) is 0 Å². The molecule has 0 unspecified atom stereocenters. The lowest BCUT2D eigenvalue weighted by Gasteiger charge is -2.38. The van der Waals surface area contributed by atoms with E-state index in [1.54, 1.807) is 7.05 Å². The number of carbonyl (C=O) groups excluding carboxylic acids is 2. The summed E-state index contributed by atoms with van der Waals surface area (Å²) in [5.74, 6) is -0.747. The van der Waals surface area contributed by atoms with Gasteiger partial charge < -0.3 is 9.22 Å². The Morgan fingerprint density at radius 3 is 2.29 bits per heavy atom. The van der Waals surface area contributed by atoms with E-state index in [4.69, 9.17) is 9.26 Å². The Bertz CT molecular complexity index is 392.